The van der Waals surface area contributed by atoms with Crippen LogP contribution in [0.2, 0.25) is 0 Å². The van der Waals surface area contributed by atoms with E-state index in [2.05, 4.69) is 13.8 Å². The second-order valence-electron chi connectivity index (χ2n) is 5.98. The lowest BCUT2D eigenvalue weighted by Gasteiger charge is -2.19. The molecule has 1 aliphatic heterocycles. The largest absolute Gasteiger partial charge is 0.492 e. The van der Waals surface area contributed by atoms with Crippen LogP contribution < -0.4 is 10.5 Å². The minimum Gasteiger partial charge on any atom is -0.492 e. The Balaban J connectivity index is 1.85. The molecular formula is C14H22N2O3S. The maximum Gasteiger partial charge on any atom is 0.217 e. The smallest absolute Gasteiger partial charge is 0.217 e. The van der Waals surface area contributed by atoms with E-state index in [-0.39, 0.29) is 17.8 Å². The lowest BCUT2D eigenvalue weighted by molar-refractivity contribution is 0.333. The summed E-state index contributed by atoms with van der Waals surface area (Å²) in [6.45, 7) is 5.54. The molecule has 1 aliphatic rings. The number of nitrogen functional groups attached to an aromatic ring is 1. The molecular weight excluding hydrogens is 276 g/mol. The zero-order valence-electron chi connectivity index (χ0n) is 12.0. The number of ether oxygens (including phenoxy) is 1. The van der Waals surface area contributed by atoms with Crippen molar-refractivity contribution in [3.8, 4) is 5.75 Å². The Morgan fingerprint density at radius 2 is 1.95 bits per heavy atom. The van der Waals surface area contributed by atoms with Gasteiger partial charge in [-0.05, 0) is 36.1 Å². The van der Waals surface area contributed by atoms with Crippen LogP contribution in [0, 0.1) is 5.41 Å². The summed E-state index contributed by atoms with van der Waals surface area (Å²) in [4.78, 5) is 0. The standard InChI is InChI=1S/C14H22N2O3S/c1-14(2)7-8-16(11-14)20(17,18)10-9-19-13-5-3-12(15)4-6-13/h3-6H,7-11,15H2,1-2H3. The van der Waals surface area contributed by atoms with Crippen LogP contribution in [0.5, 0.6) is 5.75 Å². The second-order valence-corrected chi connectivity index (χ2v) is 8.07. The van der Waals surface area contributed by atoms with Gasteiger partial charge in [0.1, 0.15) is 12.4 Å². The number of nitrogens with zero attached hydrogens (tertiary/aromatic N) is 1. The fourth-order valence-corrected chi connectivity index (χ4v) is 3.73. The molecule has 0 spiro atoms. The van der Waals surface area contributed by atoms with Crippen molar-refractivity contribution in [2.75, 3.05) is 31.2 Å². The molecule has 1 heterocycles. The Hall–Kier alpha value is -1.27. The summed E-state index contributed by atoms with van der Waals surface area (Å²) in [5.41, 5.74) is 6.31. The third-order valence-electron chi connectivity index (χ3n) is 3.53. The van der Waals surface area contributed by atoms with Gasteiger partial charge in [-0.2, -0.15) is 0 Å². The molecule has 0 amide bonds. The van der Waals surface area contributed by atoms with Gasteiger partial charge in [-0.3, -0.25) is 0 Å². The first-order valence-electron chi connectivity index (χ1n) is 6.75. The number of hydrogen-bond donors (Lipinski definition) is 1. The molecule has 1 fully saturated rings. The highest BCUT2D eigenvalue weighted by Gasteiger charge is 2.35. The van der Waals surface area contributed by atoms with Crippen molar-refractivity contribution in [1.29, 1.82) is 0 Å². The third kappa shape index (κ3) is 3.86. The maximum atomic E-state index is 12.2. The minimum atomic E-state index is -3.23. The Morgan fingerprint density at radius 1 is 1.30 bits per heavy atom. The molecule has 5 nitrogen and oxygen atoms in total. The van der Waals surface area contributed by atoms with Gasteiger partial charge in [-0.25, -0.2) is 12.7 Å². The first-order chi connectivity index (χ1) is 9.28. The van der Waals surface area contributed by atoms with Crippen molar-refractivity contribution in [2.45, 2.75) is 20.3 Å². The van der Waals surface area contributed by atoms with Crippen LogP contribution in [-0.4, -0.2) is 38.2 Å². The highest BCUT2D eigenvalue weighted by molar-refractivity contribution is 7.89. The predicted octanol–water partition coefficient (Wildman–Crippen LogP) is 1.71. The molecule has 2 rings (SSSR count). The summed E-state index contributed by atoms with van der Waals surface area (Å²) < 4.78 is 31.4. The van der Waals surface area contributed by atoms with Crippen LogP contribution in [0.15, 0.2) is 24.3 Å². The molecule has 0 saturated carbocycles. The van der Waals surface area contributed by atoms with Gasteiger partial charge in [0.25, 0.3) is 0 Å². The maximum absolute atomic E-state index is 12.2. The normalized spacial score (nSPS) is 19.1. The Labute approximate surface area is 120 Å². The molecule has 0 bridgehead atoms. The molecule has 0 unspecified atom stereocenters. The SMILES string of the molecule is CC1(C)CCN(S(=O)(=O)CCOc2ccc(N)cc2)C1. The van der Waals surface area contributed by atoms with Crippen molar-refractivity contribution < 1.29 is 13.2 Å². The third-order valence-corrected chi connectivity index (χ3v) is 5.31. The summed E-state index contributed by atoms with van der Waals surface area (Å²) in [7, 11) is -3.23. The van der Waals surface area contributed by atoms with Crippen molar-refractivity contribution in [3.05, 3.63) is 24.3 Å². The average Bonchev–Trinajstić information content (AvgIpc) is 2.73. The number of anilines is 1. The summed E-state index contributed by atoms with van der Waals surface area (Å²) in [6, 6.07) is 6.93. The molecule has 0 aliphatic carbocycles. The molecule has 0 atom stereocenters. The van der Waals surface area contributed by atoms with E-state index >= 15 is 0 Å². The number of hydrogen-bond acceptors (Lipinski definition) is 4. The number of nitrogens with two attached hydrogens (primary N) is 1. The zero-order valence-corrected chi connectivity index (χ0v) is 12.8. The topological polar surface area (TPSA) is 72.6 Å². The Bertz CT molecular complexity index is 552. The highest BCUT2D eigenvalue weighted by Crippen LogP contribution is 2.30. The Morgan fingerprint density at radius 3 is 2.50 bits per heavy atom. The zero-order chi connectivity index (χ0) is 14.8. The van der Waals surface area contributed by atoms with E-state index in [0.717, 1.165) is 6.42 Å². The minimum absolute atomic E-state index is 0.00740. The van der Waals surface area contributed by atoms with Crippen LogP contribution in [0.25, 0.3) is 0 Å². The molecule has 0 radical (unpaired) electrons. The van der Waals surface area contributed by atoms with Crippen molar-refractivity contribution in [2.24, 2.45) is 5.41 Å². The van der Waals surface area contributed by atoms with E-state index in [9.17, 15) is 8.42 Å². The summed E-state index contributed by atoms with van der Waals surface area (Å²) in [5, 5.41) is 0. The van der Waals surface area contributed by atoms with E-state index in [1.807, 2.05) is 0 Å². The van der Waals surface area contributed by atoms with E-state index in [1.165, 1.54) is 0 Å². The lowest BCUT2D eigenvalue weighted by Crippen LogP contribution is -2.34. The second kappa shape index (κ2) is 5.61. The molecule has 1 aromatic rings. The van der Waals surface area contributed by atoms with Crippen LogP contribution in [0.4, 0.5) is 5.69 Å². The van der Waals surface area contributed by atoms with E-state index < -0.39 is 10.0 Å². The quantitative estimate of drug-likeness (QED) is 0.840. The van der Waals surface area contributed by atoms with Crippen molar-refractivity contribution >= 4 is 15.7 Å². The van der Waals surface area contributed by atoms with Crippen LogP contribution in [0.1, 0.15) is 20.3 Å². The number of sulfonamides is 1. The van der Waals surface area contributed by atoms with Crippen molar-refractivity contribution in [1.82, 2.24) is 4.31 Å². The van der Waals surface area contributed by atoms with E-state index in [4.69, 9.17) is 10.5 Å². The molecule has 6 heteroatoms. The van der Waals surface area contributed by atoms with Gasteiger partial charge >= 0.3 is 0 Å². The molecule has 2 N–H and O–H groups in total. The summed E-state index contributed by atoms with van der Waals surface area (Å²) >= 11 is 0. The van der Waals surface area contributed by atoms with Crippen molar-refractivity contribution in [3.63, 3.8) is 0 Å². The van der Waals surface area contributed by atoms with E-state index in [0.29, 0.717) is 24.5 Å². The molecule has 1 aromatic carbocycles. The van der Waals surface area contributed by atoms with Crippen LogP contribution >= 0.6 is 0 Å². The molecule has 112 valence electrons. The predicted molar refractivity (Wildman–Crippen MR) is 80.1 cm³/mol. The summed E-state index contributed by atoms with van der Waals surface area (Å²) in [6.07, 6.45) is 0.908. The van der Waals surface area contributed by atoms with Gasteiger partial charge in [-0.1, -0.05) is 13.8 Å². The van der Waals surface area contributed by atoms with Gasteiger partial charge in [0.15, 0.2) is 0 Å². The fraction of sp³-hybridized carbons (Fsp3) is 0.571. The monoisotopic (exact) mass is 298 g/mol. The number of rotatable bonds is 5. The van der Waals surface area contributed by atoms with Gasteiger partial charge in [0, 0.05) is 18.8 Å². The van der Waals surface area contributed by atoms with Gasteiger partial charge in [-0.15, -0.1) is 0 Å². The fourth-order valence-electron chi connectivity index (χ4n) is 2.26. The van der Waals surface area contributed by atoms with Crippen LogP contribution in [0.3, 0.4) is 0 Å². The Kier molecular flexibility index (Phi) is 4.25. The van der Waals surface area contributed by atoms with Gasteiger partial charge in [0.2, 0.25) is 10.0 Å². The number of benzene rings is 1. The van der Waals surface area contributed by atoms with Gasteiger partial charge in [0.05, 0.1) is 5.75 Å². The molecule has 1 saturated heterocycles. The lowest BCUT2D eigenvalue weighted by atomic mass is 9.93. The first kappa shape index (κ1) is 15.1. The summed E-state index contributed by atoms with van der Waals surface area (Å²) in [5.74, 6) is 0.643. The molecule has 20 heavy (non-hydrogen) atoms. The van der Waals surface area contributed by atoms with Crippen LogP contribution in [-0.2, 0) is 10.0 Å². The van der Waals surface area contributed by atoms with E-state index in [1.54, 1.807) is 28.6 Å². The van der Waals surface area contributed by atoms with Gasteiger partial charge < -0.3 is 10.5 Å². The first-order valence-corrected chi connectivity index (χ1v) is 8.36. The highest BCUT2D eigenvalue weighted by atomic mass is 32.2. The molecule has 0 aromatic heterocycles. The average molecular weight is 298 g/mol.